The van der Waals surface area contributed by atoms with E-state index < -0.39 is 23.7 Å². The summed E-state index contributed by atoms with van der Waals surface area (Å²) in [6.45, 7) is 5.44. The summed E-state index contributed by atoms with van der Waals surface area (Å²) in [5.74, 6) is -0.718. The average Bonchev–Trinajstić information content (AvgIpc) is 2.77. The van der Waals surface area contributed by atoms with E-state index in [0.717, 1.165) is 16.7 Å². The fourth-order valence-corrected chi connectivity index (χ4v) is 2.77. The molecule has 0 unspecified atom stereocenters. The molecule has 33 heavy (non-hydrogen) atoms. The van der Waals surface area contributed by atoms with Crippen molar-refractivity contribution in [1.82, 2.24) is 10.6 Å². The summed E-state index contributed by atoms with van der Waals surface area (Å²) in [4.78, 5) is 36.4. The van der Waals surface area contributed by atoms with Crippen LogP contribution in [-0.2, 0) is 43.4 Å². The molecule has 2 rings (SSSR count). The van der Waals surface area contributed by atoms with Crippen LogP contribution >= 0.6 is 0 Å². The highest BCUT2D eigenvalue weighted by molar-refractivity contribution is 5.81. The van der Waals surface area contributed by atoms with E-state index in [2.05, 4.69) is 10.6 Å². The number of benzene rings is 2. The summed E-state index contributed by atoms with van der Waals surface area (Å²) in [5.41, 5.74) is 1.84. The first kappa shape index (κ1) is 25.9. The van der Waals surface area contributed by atoms with Crippen LogP contribution in [0.25, 0.3) is 0 Å². The number of likely N-dealkylation sites (N-methyl/N-ethyl adjacent to an activating group) is 1. The van der Waals surface area contributed by atoms with E-state index in [1.807, 2.05) is 30.3 Å². The molecule has 0 spiro atoms. The second-order valence-corrected chi connectivity index (χ2v) is 8.47. The number of esters is 1. The normalized spacial score (nSPS) is 11.9. The number of nitrogens with one attached hydrogen (secondary N) is 2. The highest BCUT2D eigenvalue weighted by Gasteiger charge is 2.26. The van der Waals surface area contributed by atoms with Crippen molar-refractivity contribution in [3.63, 3.8) is 0 Å². The number of amides is 2. The molecule has 0 saturated carbocycles. The molecule has 2 amide bonds. The van der Waals surface area contributed by atoms with Crippen LogP contribution in [0.15, 0.2) is 54.6 Å². The summed E-state index contributed by atoms with van der Waals surface area (Å²) in [6, 6.07) is 15.6. The topological polar surface area (TPSA) is 103 Å². The number of carbonyl (C=O) groups excluding carboxylic acids is 3. The van der Waals surface area contributed by atoms with Crippen molar-refractivity contribution >= 4 is 18.0 Å². The Morgan fingerprint density at radius 1 is 0.879 bits per heavy atom. The predicted molar refractivity (Wildman–Crippen MR) is 123 cm³/mol. The minimum absolute atomic E-state index is 0.0181. The molecule has 0 aliphatic rings. The second kappa shape index (κ2) is 12.6. The lowest BCUT2D eigenvalue weighted by molar-refractivity contribution is -0.149. The van der Waals surface area contributed by atoms with Crippen molar-refractivity contribution in [3.05, 3.63) is 71.3 Å². The molecule has 178 valence electrons. The van der Waals surface area contributed by atoms with Crippen LogP contribution < -0.4 is 10.6 Å². The van der Waals surface area contributed by atoms with E-state index in [1.54, 1.807) is 52.1 Å². The molecule has 1 atom stereocenters. The fraction of sp³-hybridized carbons (Fsp3) is 0.400. The molecule has 0 fully saturated rings. The maximum Gasteiger partial charge on any atom is 0.408 e. The average molecular weight is 457 g/mol. The van der Waals surface area contributed by atoms with Crippen molar-refractivity contribution in [1.29, 1.82) is 0 Å². The Morgan fingerprint density at radius 3 is 2.09 bits per heavy atom. The standard InChI is InChI=1S/C25H32N2O6/c1-25(2,3)33-24(30)27-21(17-31-15-19-8-6-5-7-9-19)23(29)32-16-20-12-10-18(11-13-20)14-22(28)26-4/h5-13,21H,14-17H2,1-4H3,(H,26,28)(H,27,30)/t21-/m0/s1. The van der Waals surface area contributed by atoms with E-state index in [4.69, 9.17) is 14.2 Å². The zero-order valence-electron chi connectivity index (χ0n) is 19.6. The summed E-state index contributed by atoms with van der Waals surface area (Å²) >= 11 is 0. The van der Waals surface area contributed by atoms with Gasteiger partial charge in [0.15, 0.2) is 6.04 Å². The van der Waals surface area contributed by atoms with Gasteiger partial charge in [-0.2, -0.15) is 0 Å². The zero-order chi connectivity index (χ0) is 24.3. The van der Waals surface area contributed by atoms with Gasteiger partial charge in [-0.3, -0.25) is 4.79 Å². The number of alkyl carbamates (subject to hydrolysis) is 1. The number of hydrogen-bond acceptors (Lipinski definition) is 6. The molecule has 0 aliphatic heterocycles. The van der Waals surface area contributed by atoms with Crippen LogP contribution in [0, 0.1) is 0 Å². The first-order chi connectivity index (χ1) is 15.7. The Hall–Kier alpha value is -3.39. The Morgan fingerprint density at radius 2 is 1.48 bits per heavy atom. The Balaban J connectivity index is 1.94. The molecule has 2 aromatic rings. The maximum atomic E-state index is 12.7. The zero-order valence-corrected chi connectivity index (χ0v) is 19.6. The smallest absolute Gasteiger partial charge is 0.408 e. The molecule has 2 aromatic carbocycles. The van der Waals surface area contributed by atoms with Gasteiger partial charge in [-0.05, 0) is 37.5 Å². The maximum absolute atomic E-state index is 12.7. The van der Waals surface area contributed by atoms with E-state index in [1.165, 1.54) is 0 Å². The van der Waals surface area contributed by atoms with E-state index in [9.17, 15) is 14.4 Å². The van der Waals surface area contributed by atoms with Crippen LogP contribution in [0.4, 0.5) is 4.79 Å². The van der Waals surface area contributed by atoms with Gasteiger partial charge in [0.2, 0.25) is 5.91 Å². The molecule has 0 heterocycles. The van der Waals surface area contributed by atoms with Crippen LogP contribution in [0.2, 0.25) is 0 Å². The van der Waals surface area contributed by atoms with Gasteiger partial charge >= 0.3 is 12.1 Å². The summed E-state index contributed by atoms with van der Waals surface area (Å²) in [6.07, 6.45) is -0.455. The lowest BCUT2D eigenvalue weighted by Gasteiger charge is -2.23. The van der Waals surface area contributed by atoms with Crippen molar-refractivity contribution in [2.75, 3.05) is 13.7 Å². The number of rotatable bonds is 10. The summed E-state index contributed by atoms with van der Waals surface area (Å²) < 4.78 is 16.3. The molecule has 8 nitrogen and oxygen atoms in total. The van der Waals surface area contributed by atoms with Crippen LogP contribution in [0.5, 0.6) is 0 Å². The third kappa shape index (κ3) is 10.2. The Kier molecular flexibility index (Phi) is 9.87. The quantitative estimate of drug-likeness (QED) is 0.533. The highest BCUT2D eigenvalue weighted by Crippen LogP contribution is 2.10. The predicted octanol–water partition coefficient (Wildman–Crippen LogP) is 3.13. The van der Waals surface area contributed by atoms with Gasteiger partial charge in [0.05, 0.1) is 19.6 Å². The lowest BCUT2D eigenvalue weighted by Crippen LogP contribution is -2.46. The van der Waals surface area contributed by atoms with Gasteiger partial charge in [0.1, 0.15) is 12.2 Å². The first-order valence-electron chi connectivity index (χ1n) is 10.7. The number of carbonyl (C=O) groups is 3. The molecule has 0 saturated heterocycles. The largest absolute Gasteiger partial charge is 0.459 e. The first-order valence-corrected chi connectivity index (χ1v) is 10.7. The molecule has 0 radical (unpaired) electrons. The van der Waals surface area contributed by atoms with Crippen molar-refractivity contribution < 1.29 is 28.6 Å². The minimum atomic E-state index is -1.03. The monoisotopic (exact) mass is 456 g/mol. The van der Waals surface area contributed by atoms with Crippen molar-refractivity contribution in [2.45, 2.75) is 52.0 Å². The lowest BCUT2D eigenvalue weighted by atomic mass is 10.1. The van der Waals surface area contributed by atoms with Gasteiger partial charge < -0.3 is 24.8 Å². The van der Waals surface area contributed by atoms with Gasteiger partial charge in [0, 0.05) is 7.05 Å². The minimum Gasteiger partial charge on any atom is -0.459 e. The van der Waals surface area contributed by atoms with E-state index in [0.29, 0.717) is 0 Å². The van der Waals surface area contributed by atoms with Crippen LogP contribution in [-0.4, -0.2) is 43.3 Å². The number of hydrogen-bond donors (Lipinski definition) is 2. The SMILES string of the molecule is CNC(=O)Cc1ccc(COC(=O)[C@H](COCc2ccccc2)NC(=O)OC(C)(C)C)cc1. The Labute approximate surface area is 194 Å². The van der Waals surface area contributed by atoms with Crippen LogP contribution in [0.3, 0.4) is 0 Å². The van der Waals surface area contributed by atoms with Gasteiger partial charge in [0.25, 0.3) is 0 Å². The van der Waals surface area contributed by atoms with Gasteiger partial charge in [-0.15, -0.1) is 0 Å². The van der Waals surface area contributed by atoms with Gasteiger partial charge in [-0.25, -0.2) is 9.59 Å². The molecule has 0 aromatic heterocycles. The second-order valence-electron chi connectivity index (χ2n) is 8.47. The molecule has 8 heteroatoms. The van der Waals surface area contributed by atoms with Crippen LogP contribution in [0.1, 0.15) is 37.5 Å². The third-order valence-electron chi connectivity index (χ3n) is 4.42. The fourth-order valence-electron chi connectivity index (χ4n) is 2.77. The van der Waals surface area contributed by atoms with E-state index in [-0.39, 0.29) is 32.1 Å². The summed E-state index contributed by atoms with van der Waals surface area (Å²) in [5, 5.41) is 5.10. The highest BCUT2D eigenvalue weighted by atomic mass is 16.6. The molecular formula is C25H32N2O6. The molecule has 0 bridgehead atoms. The van der Waals surface area contributed by atoms with E-state index >= 15 is 0 Å². The Bertz CT molecular complexity index is 907. The molecular weight excluding hydrogens is 424 g/mol. The van der Waals surface area contributed by atoms with Crippen molar-refractivity contribution in [2.24, 2.45) is 0 Å². The molecule has 0 aliphatic carbocycles. The third-order valence-corrected chi connectivity index (χ3v) is 4.42. The number of ether oxygens (including phenoxy) is 3. The van der Waals surface area contributed by atoms with Crippen molar-refractivity contribution in [3.8, 4) is 0 Å². The van der Waals surface area contributed by atoms with Gasteiger partial charge in [-0.1, -0.05) is 54.6 Å². The summed E-state index contributed by atoms with van der Waals surface area (Å²) in [7, 11) is 1.58. The molecule has 2 N–H and O–H groups in total.